The molecule has 1 fully saturated rings. The van der Waals surface area contributed by atoms with Crippen molar-refractivity contribution in [2.45, 2.75) is 6.54 Å². The van der Waals surface area contributed by atoms with Crippen molar-refractivity contribution in [3.63, 3.8) is 0 Å². The highest BCUT2D eigenvalue weighted by Gasteiger charge is 2.34. The third-order valence-corrected chi connectivity index (χ3v) is 5.17. The van der Waals surface area contributed by atoms with E-state index in [1.54, 1.807) is 41.5 Å². The highest BCUT2D eigenvalue weighted by molar-refractivity contribution is 8.18. The lowest BCUT2D eigenvalue weighted by Gasteiger charge is -2.13. The summed E-state index contributed by atoms with van der Waals surface area (Å²) >= 11 is 1.26. The van der Waals surface area contributed by atoms with Crippen molar-refractivity contribution >= 4 is 40.3 Å². The van der Waals surface area contributed by atoms with Gasteiger partial charge in [-0.1, -0.05) is 18.2 Å². The predicted octanol–water partition coefficient (Wildman–Crippen LogP) is 4.99. The quantitative estimate of drug-likeness (QED) is 0.339. The van der Waals surface area contributed by atoms with E-state index in [4.69, 9.17) is 4.42 Å². The highest BCUT2D eigenvalue weighted by atomic mass is 32.2. The van der Waals surface area contributed by atoms with Crippen molar-refractivity contribution in [2.24, 2.45) is 4.99 Å². The molecule has 1 aromatic heterocycles. The van der Waals surface area contributed by atoms with Gasteiger partial charge < -0.3 is 4.42 Å². The second kappa shape index (κ2) is 8.15. The van der Waals surface area contributed by atoms with Crippen molar-refractivity contribution in [2.75, 3.05) is 0 Å². The first-order chi connectivity index (χ1) is 14.1. The molecule has 1 aliphatic rings. The molecule has 0 aliphatic carbocycles. The van der Waals surface area contributed by atoms with Gasteiger partial charge in [-0.05, 0) is 59.8 Å². The average molecular weight is 405 g/mol. The van der Waals surface area contributed by atoms with E-state index < -0.39 is 4.92 Å². The SMILES string of the molecule is O=C1C(=Cc2ccc([N+](=O)[O-])cc2)SC(=Nc2ccccc2)N1Cc1ccco1. The molecule has 7 nitrogen and oxygen atoms in total. The summed E-state index contributed by atoms with van der Waals surface area (Å²) in [5, 5.41) is 11.4. The van der Waals surface area contributed by atoms with Crippen molar-refractivity contribution in [3.8, 4) is 0 Å². The summed E-state index contributed by atoms with van der Waals surface area (Å²) in [5.74, 6) is 0.454. The largest absolute Gasteiger partial charge is 0.467 e. The lowest BCUT2D eigenvalue weighted by Crippen LogP contribution is -2.28. The zero-order chi connectivity index (χ0) is 20.2. The molecule has 3 aromatic rings. The van der Waals surface area contributed by atoms with Crippen LogP contribution in [0.1, 0.15) is 11.3 Å². The van der Waals surface area contributed by atoms with Crippen LogP contribution in [0.4, 0.5) is 11.4 Å². The van der Waals surface area contributed by atoms with Crippen LogP contribution in [-0.4, -0.2) is 20.9 Å². The summed E-state index contributed by atoms with van der Waals surface area (Å²) in [6.45, 7) is 0.266. The molecule has 1 saturated heterocycles. The predicted molar refractivity (Wildman–Crippen MR) is 111 cm³/mol. The maximum Gasteiger partial charge on any atom is 0.269 e. The molecular weight excluding hydrogens is 390 g/mol. The van der Waals surface area contributed by atoms with Crippen LogP contribution in [-0.2, 0) is 11.3 Å². The molecule has 0 unspecified atom stereocenters. The van der Waals surface area contributed by atoms with E-state index in [9.17, 15) is 14.9 Å². The standard InChI is InChI=1S/C21H15N3O4S/c25-20-19(13-15-8-10-17(11-9-15)24(26)27)29-21(22-16-5-2-1-3-6-16)23(20)14-18-7-4-12-28-18/h1-13H,14H2. The van der Waals surface area contributed by atoms with Crippen molar-refractivity contribution in [3.05, 3.63) is 99.3 Å². The number of furan rings is 1. The van der Waals surface area contributed by atoms with Gasteiger partial charge in [0.05, 0.1) is 28.3 Å². The van der Waals surface area contributed by atoms with Crippen molar-refractivity contribution < 1.29 is 14.1 Å². The lowest BCUT2D eigenvalue weighted by atomic mass is 10.2. The lowest BCUT2D eigenvalue weighted by molar-refractivity contribution is -0.384. The number of aliphatic imine (C=N–C) groups is 1. The van der Waals surface area contributed by atoms with Gasteiger partial charge in [0.1, 0.15) is 5.76 Å². The third kappa shape index (κ3) is 4.27. The Morgan fingerprint density at radius 3 is 2.48 bits per heavy atom. The Balaban J connectivity index is 1.66. The molecule has 0 radical (unpaired) electrons. The van der Waals surface area contributed by atoms with E-state index in [1.165, 1.54) is 23.9 Å². The number of amidine groups is 1. The van der Waals surface area contributed by atoms with E-state index in [0.717, 1.165) is 5.69 Å². The number of hydrogen-bond donors (Lipinski definition) is 0. The van der Waals surface area contributed by atoms with Gasteiger partial charge in [-0.25, -0.2) is 4.99 Å². The molecule has 0 atom stereocenters. The number of hydrogen-bond acceptors (Lipinski definition) is 6. The number of benzene rings is 2. The molecule has 0 saturated carbocycles. The van der Waals surface area contributed by atoms with Gasteiger partial charge in [-0.15, -0.1) is 0 Å². The van der Waals surface area contributed by atoms with Gasteiger partial charge in [0.2, 0.25) is 0 Å². The Kier molecular flexibility index (Phi) is 5.26. The Bertz CT molecular complexity index is 1090. The molecule has 144 valence electrons. The summed E-state index contributed by atoms with van der Waals surface area (Å²) in [4.78, 5) is 30.0. The molecule has 0 spiro atoms. The fourth-order valence-corrected chi connectivity index (χ4v) is 3.74. The number of thioether (sulfide) groups is 1. The fraction of sp³-hybridized carbons (Fsp3) is 0.0476. The van der Waals surface area contributed by atoms with Crippen LogP contribution in [0.3, 0.4) is 0 Å². The normalized spacial score (nSPS) is 16.7. The first-order valence-corrected chi connectivity index (χ1v) is 9.54. The number of amides is 1. The molecule has 8 heteroatoms. The zero-order valence-corrected chi connectivity index (χ0v) is 15.9. The van der Waals surface area contributed by atoms with E-state index in [1.807, 2.05) is 30.3 Å². The van der Waals surface area contributed by atoms with E-state index in [-0.39, 0.29) is 18.1 Å². The molecule has 29 heavy (non-hydrogen) atoms. The van der Waals surface area contributed by atoms with Gasteiger partial charge in [-0.3, -0.25) is 19.8 Å². The van der Waals surface area contributed by atoms with Gasteiger partial charge in [0.15, 0.2) is 5.17 Å². The molecular formula is C21H15N3O4S. The number of rotatable bonds is 5. The van der Waals surface area contributed by atoms with Gasteiger partial charge in [0, 0.05) is 12.1 Å². The Hall–Kier alpha value is -3.65. The minimum absolute atomic E-state index is 0.00308. The monoisotopic (exact) mass is 405 g/mol. The summed E-state index contributed by atoms with van der Waals surface area (Å²) in [6.07, 6.45) is 3.27. The number of non-ortho nitro benzene ring substituents is 1. The minimum atomic E-state index is -0.456. The Morgan fingerprint density at radius 2 is 1.83 bits per heavy atom. The number of carbonyl (C=O) groups is 1. The molecule has 4 rings (SSSR count). The van der Waals surface area contributed by atoms with E-state index in [2.05, 4.69) is 4.99 Å². The van der Waals surface area contributed by atoms with E-state index >= 15 is 0 Å². The highest BCUT2D eigenvalue weighted by Crippen LogP contribution is 2.35. The summed E-state index contributed by atoms with van der Waals surface area (Å²) < 4.78 is 5.39. The van der Waals surface area contributed by atoms with Gasteiger partial charge >= 0.3 is 0 Å². The van der Waals surface area contributed by atoms with Gasteiger partial charge in [-0.2, -0.15) is 0 Å². The molecule has 2 heterocycles. The van der Waals surface area contributed by atoms with E-state index in [0.29, 0.717) is 21.4 Å². The first-order valence-electron chi connectivity index (χ1n) is 8.72. The number of para-hydroxylation sites is 1. The average Bonchev–Trinajstić information content (AvgIpc) is 3.34. The molecule has 1 aliphatic heterocycles. The smallest absolute Gasteiger partial charge is 0.269 e. The topological polar surface area (TPSA) is 88.9 Å². The van der Waals surface area contributed by atoms with Crippen molar-refractivity contribution in [1.82, 2.24) is 4.90 Å². The van der Waals surface area contributed by atoms with Crippen LogP contribution >= 0.6 is 11.8 Å². The summed E-state index contributed by atoms with van der Waals surface area (Å²) in [5.41, 5.74) is 1.44. The molecule has 0 N–H and O–H groups in total. The van der Waals surface area contributed by atoms with Crippen LogP contribution in [0, 0.1) is 10.1 Å². The minimum Gasteiger partial charge on any atom is -0.467 e. The van der Waals surface area contributed by atoms with Crippen LogP contribution < -0.4 is 0 Å². The third-order valence-electron chi connectivity index (χ3n) is 4.16. The van der Waals surface area contributed by atoms with Crippen molar-refractivity contribution in [1.29, 1.82) is 0 Å². The summed E-state index contributed by atoms with van der Waals surface area (Å²) in [6, 6.07) is 19.0. The van der Waals surface area contributed by atoms with Crippen LogP contribution in [0.5, 0.6) is 0 Å². The number of nitro benzene ring substituents is 1. The zero-order valence-electron chi connectivity index (χ0n) is 15.1. The van der Waals surface area contributed by atoms with Crippen LogP contribution in [0.2, 0.25) is 0 Å². The Labute approximate surface area is 170 Å². The number of nitrogens with zero attached hydrogens (tertiary/aromatic N) is 3. The molecule has 2 aromatic carbocycles. The maximum absolute atomic E-state index is 13.0. The number of carbonyl (C=O) groups excluding carboxylic acids is 1. The van der Waals surface area contributed by atoms with Gasteiger partial charge in [0.25, 0.3) is 11.6 Å². The second-order valence-electron chi connectivity index (χ2n) is 6.16. The molecule has 1 amide bonds. The number of nitro groups is 1. The fourth-order valence-electron chi connectivity index (χ4n) is 2.75. The molecule has 0 bridgehead atoms. The van der Waals surface area contributed by atoms with Crippen LogP contribution in [0.25, 0.3) is 6.08 Å². The maximum atomic E-state index is 13.0. The Morgan fingerprint density at radius 1 is 1.07 bits per heavy atom. The second-order valence-corrected chi connectivity index (χ2v) is 7.17. The van der Waals surface area contributed by atoms with Crippen LogP contribution in [0.15, 0.2) is 87.3 Å². The summed E-state index contributed by atoms with van der Waals surface area (Å²) in [7, 11) is 0. The first kappa shape index (κ1) is 18.7.